The first kappa shape index (κ1) is 15.8. The summed E-state index contributed by atoms with van der Waals surface area (Å²) in [6, 6.07) is 0.603. The van der Waals surface area contributed by atoms with Crippen molar-refractivity contribution in [1.29, 1.82) is 0 Å². The fraction of sp³-hybridized carbons (Fsp3) is 1.00. The van der Waals surface area contributed by atoms with Gasteiger partial charge in [-0.2, -0.15) is 0 Å². The highest BCUT2D eigenvalue weighted by Crippen LogP contribution is 2.57. The predicted octanol–water partition coefficient (Wildman–Crippen LogP) is 4.64. The van der Waals surface area contributed by atoms with Crippen LogP contribution in [0.1, 0.15) is 84.0 Å². The summed E-state index contributed by atoms with van der Waals surface area (Å²) >= 11 is 0. The van der Waals surface area contributed by atoms with Gasteiger partial charge in [0.25, 0.3) is 0 Å². The molecule has 0 spiro atoms. The summed E-state index contributed by atoms with van der Waals surface area (Å²) in [5.41, 5.74) is 3.23. The largest absolute Gasteiger partial charge is 0.271 e. The van der Waals surface area contributed by atoms with E-state index in [1.54, 1.807) is 6.42 Å². The quantitative estimate of drug-likeness (QED) is 0.369. The Balaban J connectivity index is 1.45. The Morgan fingerprint density at radius 3 is 2.00 bits per heavy atom. The Labute approximate surface area is 131 Å². The molecule has 3 N–H and O–H groups in total. The molecule has 0 aromatic heterocycles. The van der Waals surface area contributed by atoms with Crippen LogP contribution < -0.4 is 11.3 Å². The van der Waals surface area contributed by atoms with Gasteiger partial charge in [0.1, 0.15) is 0 Å². The van der Waals surface area contributed by atoms with Gasteiger partial charge in [-0.3, -0.25) is 11.3 Å². The van der Waals surface area contributed by atoms with Gasteiger partial charge in [-0.05, 0) is 68.1 Å². The third kappa shape index (κ3) is 3.64. The van der Waals surface area contributed by atoms with Crippen molar-refractivity contribution in [3.8, 4) is 0 Å². The molecule has 4 fully saturated rings. The minimum atomic E-state index is 0.603. The standard InChI is InChI=1S/C19H36N2/c1-2-3-4-5-6-7-8-18(21-20)19-16-10-14-9-15(12-16)13-17(19)11-14/h14-19,21H,2-13,20H2,1H3. The van der Waals surface area contributed by atoms with E-state index >= 15 is 0 Å². The lowest BCUT2D eigenvalue weighted by Crippen LogP contribution is -2.54. The van der Waals surface area contributed by atoms with E-state index in [1.807, 2.05) is 0 Å². The molecule has 0 heterocycles. The molecule has 0 amide bonds. The highest BCUT2D eigenvalue weighted by atomic mass is 15.2. The van der Waals surface area contributed by atoms with Crippen molar-refractivity contribution in [3.63, 3.8) is 0 Å². The maximum absolute atomic E-state index is 5.97. The zero-order chi connectivity index (χ0) is 14.7. The van der Waals surface area contributed by atoms with Crippen LogP contribution in [-0.2, 0) is 0 Å². The number of nitrogens with one attached hydrogen (secondary N) is 1. The Bertz CT molecular complexity index is 287. The second-order valence-corrected chi connectivity index (χ2v) is 8.34. The minimum absolute atomic E-state index is 0.603. The molecule has 2 nitrogen and oxygen atoms in total. The Kier molecular flexibility index (Phi) is 5.61. The molecule has 1 atom stereocenters. The highest BCUT2D eigenvalue weighted by Gasteiger charge is 2.50. The van der Waals surface area contributed by atoms with E-state index in [1.165, 1.54) is 70.6 Å². The van der Waals surface area contributed by atoms with E-state index in [0.29, 0.717) is 6.04 Å². The molecular weight excluding hydrogens is 256 g/mol. The lowest BCUT2D eigenvalue weighted by Gasteiger charge is -2.56. The second-order valence-electron chi connectivity index (χ2n) is 8.34. The van der Waals surface area contributed by atoms with Crippen LogP contribution in [-0.4, -0.2) is 6.04 Å². The summed E-state index contributed by atoms with van der Waals surface area (Å²) in [6.07, 6.45) is 17.3. The molecule has 0 aliphatic heterocycles. The summed E-state index contributed by atoms with van der Waals surface area (Å²) in [5, 5.41) is 0. The molecule has 122 valence electrons. The second kappa shape index (κ2) is 7.46. The van der Waals surface area contributed by atoms with E-state index < -0.39 is 0 Å². The van der Waals surface area contributed by atoms with Gasteiger partial charge in [-0.1, -0.05) is 45.4 Å². The maximum atomic E-state index is 5.97. The normalized spacial score (nSPS) is 38.9. The van der Waals surface area contributed by atoms with Crippen molar-refractivity contribution in [3.05, 3.63) is 0 Å². The monoisotopic (exact) mass is 292 g/mol. The van der Waals surface area contributed by atoms with Gasteiger partial charge in [-0.15, -0.1) is 0 Å². The summed E-state index contributed by atoms with van der Waals surface area (Å²) < 4.78 is 0. The number of nitrogens with two attached hydrogens (primary N) is 1. The maximum Gasteiger partial charge on any atom is 0.0244 e. The van der Waals surface area contributed by atoms with Gasteiger partial charge in [0.2, 0.25) is 0 Å². The molecule has 0 aromatic rings. The van der Waals surface area contributed by atoms with Crippen LogP contribution in [0.4, 0.5) is 0 Å². The van der Waals surface area contributed by atoms with Crippen molar-refractivity contribution in [2.24, 2.45) is 35.4 Å². The van der Waals surface area contributed by atoms with Gasteiger partial charge in [0, 0.05) is 6.04 Å². The number of hydrogen-bond acceptors (Lipinski definition) is 2. The van der Waals surface area contributed by atoms with Crippen LogP contribution in [0.3, 0.4) is 0 Å². The summed E-state index contributed by atoms with van der Waals surface area (Å²) in [5.74, 6) is 11.0. The Morgan fingerprint density at radius 2 is 1.43 bits per heavy atom. The van der Waals surface area contributed by atoms with E-state index in [0.717, 1.165) is 29.6 Å². The fourth-order valence-corrected chi connectivity index (χ4v) is 6.16. The summed E-state index contributed by atoms with van der Waals surface area (Å²) in [4.78, 5) is 0. The van der Waals surface area contributed by atoms with Crippen LogP contribution in [0.2, 0.25) is 0 Å². The van der Waals surface area contributed by atoms with Crippen LogP contribution in [0.5, 0.6) is 0 Å². The fourth-order valence-electron chi connectivity index (χ4n) is 6.16. The highest BCUT2D eigenvalue weighted by molar-refractivity contribution is 5.01. The number of hydrazine groups is 1. The van der Waals surface area contributed by atoms with Crippen LogP contribution in [0, 0.1) is 29.6 Å². The molecule has 0 saturated heterocycles. The minimum Gasteiger partial charge on any atom is -0.271 e. The molecule has 0 radical (unpaired) electrons. The topological polar surface area (TPSA) is 38.0 Å². The van der Waals surface area contributed by atoms with E-state index in [2.05, 4.69) is 12.3 Å². The van der Waals surface area contributed by atoms with Crippen LogP contribution in [0.15, 0.2) is 0 Å². The van der Waals surface area contributed by atoms with E-state index in [-0.39, 0.29) is 0 Å². The van der Waals surface area contributed by atoms with Crippen molar-refractivity contribution in [2.45, 2.75) is 90.0 Å². The molecule has 4 aliphatic rings. The number of unbranched alkanes of at least 4 members (excludes halogenated alkanes) is 5. The van der Waals surface area contributed by atoms with Crippen molar-refractivity contribution in [2.75, 3.05) is 0 Å². The van der Waals surface area contributed by atoms with Gasteiger partial charge in [0.15, 0.2) is 0 Å². The zero-order valence-electron chi connectivity index (χ0n) is 14.0. The molecule has 4 aliphatic carbocycles. The molecule has 4 rings (SSSR count). The lowest BCUT2D eigenvalue weighted by atomic mass is 9.50. The van der Waals surface area contributed by atoms with Gasteiger partial charge in [0.05, 0.1) is 0 Å². The Hall–Kier alpha value is -0.0800. The zero-order valence-corrected chi connectivity index (χ0v) is 14.0. The van der Waals surface area contributed by atoms with Gasteiger partial charge in [-0.25, -0.2) is 0 Å². The third-order valence-electron chi connectivity index (χ3n) is 6.85. The smallest absolute Gasteiger partial charge is 0.0244 e. The number of rotatable bonds is 9. The molecule has 2 heteroatoms. The van der Waals surface area contributed by atoms with Gasteiger partial charge < -0.3 is 0 Å². The number of hydrogen-bond donors (Lipinski definition) is 2. The first-order valence-electron chi connectivity index (χ1n) is 9.78. The summed E-state index contributed by atoms with van der Waals surface area (Å²) in [7, 11) is 0. The Morgan fingerprint density at radius 1 is 0.857 bits per heavy atom. The van der Waals surface area contributed by atoms with Crippen molar-refractivity contribution >= 4 is 0 Å². The van der Waals surface area contributed by atoms with Crippen LogP contribution in [0.25, 0.3) is 0 Å². The first-order valence-corrected chi connectivity index (χ1v) is 9.78. The molecular formula is C19H36N2. The third-order valence-corrected chi connectivity index (χ3v) is 6.85. The van der Waals surface area contributed by atoms with E-state index in [4.69, 9.17) is 5.84 Å². The first-order chi connectivity index (χ1) is 10.3. The van der Waals surface area contributed by atoms with Crippen molar-refractivity contribution < 1.29 is 0 Å². The predicted molar refractivity (Wildman–Crippen MR) is 89.6 cm³/mol. The molecule has 4 saturated carbocycles. The van der Waals surface area contributed by atoms with E-state index in [9.17, 15) is 0 Å². The molecule has 0 aromatic carbocycles. The average Bonchev–Trinajstić information content (AvgIpc) is 2.47. The molecule has 4 bridgehead atoms. The van der Waals surface area contributed by atoms with Crippen molar-refractivity contribution in [1.82, 2.24) is 5.43 Å². The van der Waals surface area contributed by atoms with Gasteiger partial charge >= 0.3 is 0 Å². The molecule has 21 heavy (non-hydrogen) atoms. The molecule has 1 unspecified atom stereocenters. The SMILES string of the molecule is CCCCCCCCC(NN)C1C2CC3CC(C2)CC1C3. The van der Waals surface area contributed by atoms with Crippen LogP contribution >= 0.6 is 0 Å². The summed E-state index contributed by atoms with van der Waals surface area (Å²) in [6.45, 7) is 2.29. The average molecular weight is 293 g/mol. The lowest BCUT2D eigenvalue weighted by molar-refractivity contribution is -0.0532.